The van der Waals surface area contributed by atoms with Crippen molar-refractivity contribution in [1.82, 2.24) is 9.78 Å². The predicted molar refractivity (Wildman–Crippen MR) is 72.0 cm³/mol. The summed E-state index contributed by atoms with van der Waals surface area (Å²) < 4.78 is 8.64. The van der Waals surface area contributed by atoms with E-state index in [1.807, 2.05) is 11.6 Å². The van der Waals surface area contributed by atoms with E-state index >= 15 is 0 Å². The van der Waals surface area contributed by atoms with Crippen molar-refractivity contribution in [2.45, 2.75) is 51.7 Å². The summed E-state index contributed by atoms with van der Waals surface area (Å²) in [5.41, 5.74) is 7.03. The molecule has 0 bridgehead atoms. The lowest BCUT2D eigenvalue weighted by Crippen LogP contribution is -2.28. The molecule has 2 N–H and O–H groups in total. The van der Waals surface area contributed by atoms with Gasteiger partial charge in [0.05, 0.1) is 22.3 Å². The molecule has 0 spiro atoms. The third-order valence-corrected chi connectivity index (χ3v) is 4.32. The summed E-state index contributed by atoms with van der Waals surface area (Å²) >= 11 is 3.47. The van der Waals surface area contributed by atoms with Gasteiger partial charge in [-0.05, 0) is 42.1 Å². The Morgan fingerprint density at radius 1 is 1.59 bits per heavy atom. The predicted octanol–water partition coefficient (Wildman–Crippen LogP) is 3.06. The van der Waals surface area contributed by atoms with Crippen LogP contribution in [0.4, 0.5) is 5.82 Å². The molecule has 1 fully saturated rings. The highest BCUT2D eigenvalue weighted by molar-refractivity contribution is 9.10. The number of aryl methyl sites for hydroxylation is 1. The fourth-order valence-corrected chi connectivity index (χ4v) is 2.69. The van der Waals surface area contributed by atoms with Crippen LogP contribution in [0.25, 0.3) is 0 Å². The number of nitrogens with two attached hydrogens (primary N) is 1. The van der Waals surface area contributed by atoms with Gasteiger partial charge in [-0.1, -0.05) is 13.3 Å². The zero-order valence-electron chi connectivity index (χ0n) is 10.4. The SMILES string of the molecule is CCCC1CC(n2nc(C)c(Br)c2N)CCO1. The number of hydrogen-bond donors (Lipinski definition) is 1. The number of nitrogens with zero attached hydrogens (tertiary/aromatic N) is 2. The Labute approximate surface area is 111 Å². The second-order valence-corrected chi connectivity index (χ2v) is 5.48. The van der Waals surface area contributed by atoms with Crippen LogP contribution >= 0.6 is 15.9 Å². The Morgan fingerprint density at radius 3 is 2.94 bits per heavy atom. The molecular weight excluding hydrogens is 282 g/mol. The van der Waals surface area contributed by atoms with Gasteiger partial charge in [-0.2, -0.15) is 5.10 Å². The van der Waals surface area contributed by atoms with Gasteiger partial charge in [0, 0.05) is 6.61 Å². The van der Waals surface area contributed by atoms with Crippen LogP contribution < -0.4 is 5.73 Å². The zero-order chi connectivity index (χ0) is 12.4. The van der Waals surface area contributed by atoms with Gasteiger partial charge in [-0.15, -0.1) is 0 Å². The highest BCUT2D eigenvalue weighted by atomic mass is 79.9. The van der Waals surface area contributed by atoms with E-state index < -0.39 is 0 Å². The van der Waals surface area contributed by atoms with E-state index in [2.05, 4.69) is 28.0 Å². The molecule has 0 radical (unpaired) electrons. The molecule has 17 heavy (non-hydrogen) atoms. The molecule has 2 atom stereocenters. The zero-order valence-corrected chi connectivity index (χ0v) is 12.0. The molecule has 2 rings (SSSR count). The fourth-order valence-electron chi connectivity index (χ4n) is 2.43. The number of aromatic nitrogens is 2. The maximum atomic E-state index is 6.07. The molecule has 1 aliphatic heterocycles. The standard InChI is InChI=1S/C12H20BrN3O/c1-3-4-10-7-9(5-6-17-10)16-12(14)11(13)8(2)15-16/h9-10H,3-7,14H2,1-2H3. The fraction of sp³-hybridized carbons (Fsp3) is 0.750. The van der Waals surface area contributed by atoms with Crippen LogP contribution in [-0.4, -0.2) is 22.5 Å². The van der Waals surface area contributed by atoms with Gasteiger partial charge in [0.2, 0.25) is 0 Å². The molecule has 1 saturated heterocycles. The van der Waals surface area contributed by atoms with Crippen molar-refractivity contribution in [2.75, 3.05) is 12.3 Å². The van der Waals surface area contributed by atoms with Gasteiger partial charge >= 0.3 is 0 Å². The molecule has 2 heterocycles. The summed E-state index contributed by atoms with van der Waals surface area (Å²) in [5.74, 6) is 0.740. The lowest BCUT2D eigenvalue weighted by atomic mass is 10.0. The summed E-state index contributed by atoms with van der Waals surface area (Å²) in [5, 5.41) is 4.52. The van der Waals surface area contributed by atoms with Crippen molar-refractivity contribution < 1.29 is 4.74 Å². The van der Waals surface area contributed by atoms with Gasteiger partial charge < -0.3 is 10.5 Å². The van der Waals surface area contributed by atoms with Crippen LogP contribution in [0.1, 0.15) is 44.3 Å². The highest BCUT2D eigenvalue weighted by Gasteiger charge is 2.26. The minimum atomic E-state index is 0.362. The average Bonchev–Trinajstić information content (AvgIpc) is 2.58. The number of nitrogen functional groups attached to an aromatic ring is 1. The largest absolute Gasteiger partial charge is 0.383 e. The van der Waals surface area contributed by atoms with Crippen LogP contribution in [0.5, 0.6) is 0 Å². The summed E-state index contributed by atoms with van der Waals surface area (Å²) in [7, 11) is 0. The molecule has 2 unspecified atom stereocenters. The van der Waals surface area contributed by atoms with Crippen molar-refractivity contribution in [1.29, 1.82) is 0 Å². The van der Waals surface area contributed by atoms with Crippen molar-refractivity contribution in [3.63, 3.8) is 0 Å². The van der Waals surface area contributed by atoms with E-state index in [0.717, 1.165) is 48.3 Å². The molecule has 0 aliphatic carbocycles. The Hall–Kier alpha value is -0.550. The molecule has 1 aliphatic rings. The second kappa shape index (κ2) is 5.40. The first kappa shape index (κ1) is 12.9. The second-order valence-electron chi connectivity index (χ2n) is 4.69. The van der Waals surface area contributed by atoms with Gasteiger partial charge in [-0.3, -0.25) is 0 Å². The van der Waals surface area contributed by atoms with E-state index in [0.29, 0.717) is 12.1 Å². The molecule has 4 nitrogen and oxygen atoms in total. The van der Waals surface area contributed by atoms with Crippen molar-refractivity contribution in [3.05, 3.63) is 10.2 Å². The maximum absolute atomic E-state index is 6.07. The number of halogens is 1. The van der Waals surface area contributed by atoms with Crippen LogP contribution in [0, 0.1) is 6.92 Å². The smallest absolute Gasteiger partial charge is 0.136 e. The van der Waals surface area contributed by atoms with Gasteiger partial charge in [0.1, 0.15) is 5.82 Å². The summed E-state index contributed by atoms with van der Waals surface area (Å²) in [4.78, 5) is 0. The third kappa shape index (κ3) is 2.65. The number of hydrogen-bond acceptors (Lipinski definition) is 3. The van der Waals surface area contributed by atoms with Gasteiger partial charge in [-0.25, -0.2) is 4.68 Å². The quantitative estimate of drug-likeness (QED) is 0.933. The number of rotatable bonds is 3. The monoisotopic (exact) mass is 301 g/mol. The molecule has 0 saturated carbocycles. The first-order valence-electron chi connectivity index (χ1n) is 6.25. The molecule has 5 heteroatoms. The Kier molecular flexibility index (Phi) is 4.09. The Balaban J connectivity index is 2.13. The summed E-state index contributed by atoms with van der Waals surface area (Å²) in [6, 6.07) is 0.380. The number of ether oxygens (including phenoxy) is 1. The van der Waals surface area contributed by atoms with Crippen molar-refractivity contribution in [3.8, 4) is 0 Å². The topological polar surface area (TPSA) is 53.1 Å². The maximum Gasteiger partial charge on any atom is 0.136 e. The van der Waals surface area contributed by atoms with Crippen LogP contribution in [0.3, 0.4) is 0 Å². The molecular formula is C12H20BrN3O. The number of anilines is 1. The minimum absolute atomic E-state index is 0.362. The van der Waals surface area contributed by atoms with Crippen LogP contribution in [-0.2, 0) is 4.74 Å². The summed E-state index contributed by atoms with van der Waals surface area (Å²) in [6.07, 6.45) is 4.66. The van der Waals surface area contributed by atoms with Gasteiger partial charge in [0.25, 0.3) is 0 Å². The first-order chi connectivity index (χ1) is 8.13. The van der Waals surface area contributed by atoms with E-state index in [4.69, 9.17) is 10.5 Å². The van der Waals surface area contributed by atoms with E-state index in [-0.39, 0.29) is 0 Å². The molecule has 96 valence electrons. The van der Waals surface area contributed by atoms with Crippen LogP contribution in [0.2, 0.25) is 0 Å². The van der Waals surface area contributed by atoms with E-state index in [9.17, 15) is 0 Å². The molecule has 0 amide bonds. The molecule has 1 aromatic rings. The third-order valence-electron chi connectivity index (χ3n) is 3.34. The van der Waals surface area contributed by atoms with Crippen molar-refractivity contribution >= 4 is 21.7 Å². The van der Waals surface area contributed by atoms with Crippen LogP contribution in [0.15, 0.2) is 4.47 Å². The highest BCUT2D eigenvalue weighted by Crippen LogP contribution is 2.32. The Morgan fingerprint density at radius 2 is 2.35 bits per heavy atom. The normalized spacial score (nSPS) is 25.1. The lowest BCUT2D eigenvalue weighted by molar-refractivity contribution is -0.0120. The molecule has 0 aromatic carbocycles. The average molecular weight is 302 g/mol. The van der Waals surface area contributed by atoms with E-state index in [1.54, 1.807) is 0 Å². The lowest BCUT2D eigenvalue weighted by Gasteiger charge is -2.30. The van der Waals surface area contributed by atoms with E-state index in [1.165, 1.54) is 0 Å². The first-order valence-corrected chi connectivity index (χ1v) is 7.04. The Bertz CT molecular complexity index is 389. The van der Waals surface area contributed by atoms with Gasteiger partial charge in [0.15, 0.2) is 0 Å². The summed E-state index contributed by atoms with van der Waals surface area (Å²) in [6.45, 7) is 4.97. The van der Waals surface area contributed by atoms with Crippen molar-refractivity contribution in [2.24, 2.45) is 0 Å². The molecule has 1 aromatic heterocycles. The minimum Gasteiger partial charge on any atom is -0.383 e.